The molecule has 0 aromatic heterocycles. The molecular formula is C26H40N2O6. The molecule has 3 saturated heterocycles. The van der Waals surface area contributed by atoms with Crippen LogP contribution in [0.25, 0.3) is 0 Å². The van der Waals surface area contributed by atoms with Gasteiger partial charge in [0.05, 0.1) is 30.8 Å². The monoisotopic (exact) mass is 476 g/mol. The molecule has 8 heteroatoms. The van der Waals surface area contributed by atoms with Crippen molar-refractivity contribution < 1.29 is 29.0 Å². The van der Waals surface area contributed by atoms with E-state index in [1.54, 1.807) is 19.9 Å². The minimum absolute atomic E-state index is 0.0341. The Kier molecular flexibility index (Phi) is 6.86. The minimum Gasteiger partial charge on any atom is -0.466 e. The Morgan fingerprint density at radius 3 is 2.62 bits per heavy atom. The number of carbonyl (C=O) groups is 3. The maximum Gasteiger partial charge on any atom is 0.312 e. The van der Waals surface area contributed by atoms with E-state index in [0.717, 1.165) is 32.1 Å². The summed E-state index contributed by atoms with van der Waals surface area (Å²) in [6.45, 7) is 11.6. The first-order valence-electron chi connectivity index (χ1n) is 12.9. The van der Waals surface area contributed by atoms with E-state index in [9.17, 15) is 19.5 Å². The van der Waals surface area contributed by atoms with Crippen molar-refractivity contribution in [2.45, 2.75) is 95.5 Å². The molecular weight excluding hydrogens is 436 g/mol. The molecule has 2 bridgehead atoms. The summed E-state index contributed by atoms with van der Waals surface area (Å²) in [6.07, 6.45) is 7.38. The number of ether oxygens (including phenoxy) is 2. The highest BCUT2D eigenvalue weighted by molar-refractivity contribution is 5.99. The maximum absolute atomic E-state index is 14.4. The molecule has 0 aromatic carbocycles. The highest BCUT2D eigenvalue weighted by Crippen LogP contribution is 2.65. The van der Waals surface area contributed by atoms with Crippen molar-refractivity contribution in [2.75, 3.05) is 19.8 Å². The van der Waals surface area contributed by atoms with E-state index in [0.29, 0.717) is 13.0 Å². The van der Waals surface area contributed by atoms with E-state index in [-0.39, 0.29) is 37.0 Å². The van der Waals surface area contributed by atoms with Crippen LogP contribution < -0.4 is 0 Å². The van der Waals surface area contributed by atoms with E-state index < -0.39 is 41.1 Å². The van der Waals surface area contributed by atoms with Gasteiger partial charge in [-0.25, -0.2) is 0 Å². The van der Waals surface area contributed by atoms with Crippen molar-refractivity contribution >= 4 is 17.8 Å². The summed E-state index contributed by atoms with van der Waals surface area (Å²) >= 11 is 0. The molecule has 3 heterocycles. The van der Waals surface area contributed by atoms with Crippen molar-refractivity contribution in [1.29, 1.82) is 0 Å². The summed E-state index contributed by atoms with van der Waals surface area (Å²) in [5.41, 5.74) is -2.00. The number of carbonyl (C=O) groups excluding carboxylic acids is 3. The van der Waals surface area contributed by atoms with Gasteiger partial charge in [0, 0.05) is 12.6 Å². The van der Waals surface area contributed by atoms with Gasteiger partial charge in [0.1, 0.15) is 17.6 Å². The van der Waals surface area contributed by atoms with Gasteiger partial charge in [-0.2, -0.15) is 0 Å². The molecule has 3 aliphatic heterocycles. The zero-order valence-corrected chi connectivity index (χ0v) is 21.0. The lowest BCUT2D eigenvalue weighted by Gasteiger charge is -2.42. The van der Waals surface area contributed by atoms with Crippen LogP contribution in [0.5, 0.6) is 0 Å². The lowest BCUT2D eigenvalue weighted by atomic mass is 9.62. The van der Waals surface area contributed by atoms with Crippen molar-refractivity contribution in [3.05, 3.63) is 12.7 Å². The van der Waals surface area contributed by atoms with Crippen molar-refractivity contribution in [2.24, 2.45) is 17.8 Å². The first-order chi connectivity index (χ1) is 16.2. The van der Waals surface area contributed by atoms with Crippen LogP contribution in [0.3, 0.4) is 0 Å². The van der Waals surface area contributed by atoms with Gasteiger partial charge in [0.15, 0.2) is 0 Å². The number of hydrogen-bond acceptors (Lipinski definition) is 6. The normalized spacial score (nSPS) is 38.0. The molecule has 0 radical (unpaired) electrons. The topological polar surface area (TPSA) is 96.4 Å². The highest BCUT2D eigenvalue weighted by Gasteiger charge is 2.80. The van der Waals surface area contributed by atoms with E-state index >= 15 is 0 Å². The van der Waals surface area contributed by atoms with Crippen LogP contribution in [0, 0.1) is 17.8 Å². The smallest absolute Gasteiger partial charge is 0.312 e. The highest BCUT2D eigenvalue weighted by atomic mass is 16.6. The number of amides is 2. The predicted molar refractivity (Wildman–Crippen MR) is 126 cm³/mol. The second kappa shape index (κ2) is 9.26. The Bertz CT molecular complexity index is 841. The van der Waals surface area contributed by atoms with Gasteiger partial charge in [0.2, 0.25) is 11.8 Å². The van der Waals surface area contributed by atoms with Crippen LogP contribution in [0.4, 0.5) is 0 Å². The van der Waals surface area contributed by atoms with Crippen molar-refractivity contribution in [3.63, 3.8) is 0 Å². The number of fused-ring (bicyclic) bond motifs is 1. The van der Waals surface area contributed by atoms with Crippen molar-refractivity contribution in [1.82, 2.24) is 9.80 Å². The summed E-state index contributed by atoms with van der Waals surface area (Å²) in [6, 6.07) is -1.38. The SMILES string of the molecule is C=CCN(C(=O)C1N([C@H](C)CO)C(=O)[C@@H]2[C@@H](C(=O)OCC)[C@]3(C)OC12CC3C)C1CCCCC1. The molecule has 2 amide bonds. The zero-order chi connectivity index (χ0) is 24.8. The number of aliphatic hydroxyl groups is 1. The summed E-state index contributed by atoms with van der Waals surface area (Å²) in [5.74, 6) is -2.52. The Labute approximate surface area is 202 Å². The third-order valence-electron chi connectivity index (χ3n) is 8.89. The number of nitrogens with zero attached hydrogens (tertiary/aromatic N) is 2. The molecule has 34 heavy (non-hydrogen) atoms. The predicted octanol–water partition coefficient (Wildman–Crippen LogP) is 2.29. The van der Waals surface area contributed by atoms with Crippen LogP contribution in [0.2, 0.25) is 0 Å². The standard InChI is InChI=1S/C26H40N2O6/c1-6-13-27(18-11-9-8-10-12-18)23(31)21-26-14-16(3)25(5,34-26)20(24(32)33-7-2)19(26)22(30)28(21)17(4)15-29/h6,16-21,29H,1,7-15H2,2-5H3/t16?,17-,19+,20+,21?,25-,26?/m1/s1. The zero-order valence-electron chi connectivity index (χ0n) is 21.0. The average Bonchev–Trinajstić information content (AvgIpc) is 3.34. The number of likely N-dealkylation sites (tertiary alicyclic amines) is 1. The molecule has 7 atom stereocenters. The van der Waals surface area contributed by atoms with Gasteiger partial charge in [0.25, 0.3) is 0 Å². The lowest BCUT2D eigenvalue weighted by Crippen LogP contribution is -2.60. The average molecular weight is 477 g/mol. The van der Waals surface area contributed by atoms with Gasteiger partial charge in [-0.3, -0.25) is 14.4 Å². The Morgan fingerprint density at radius 2 is 2.03 bits per heavy atom. The number of rotatable bonds is 8. The second-order valence-electron chi connectivity index (χ2n) is 10.8. The molecule has 1 spiro atoms. The van der Waals surface area contributed by atoms with Gasteiger partial charge < -0.3 is 24.4 Å². The fourth-order valence-electron chi connectivity index (χ4n) is 7.22. The molecule has 4 rings (SSSR count). The Balaban J connectivity index is 1.80. The minimum atomic E-state index is -1.11. The number of aliphatic hydroxyl groups excluding tert-OH is 1. The fraction of sp³-hybridized carbons (Fsp3) is 0.808. The molecule has 4 fully saturated rings. The molecule has 0 aromatic rings. The summed E-state index contributed by atoms with van der Waals surface area (Å²) in [5, 5.41) is 10.0. The van der Waals surface area contributed by atoms with E-state index in [1.807, 2.05) is 18.7 Å². The summed E-state index contributed by atoms with van der Waals surface area (Å²) < 4.78 is 12.1. The summed E-state index contributed by atoms with van der Waals surface area (Å²) in [7, 11) is 0. The molecule has 8 nitrogen and oxygen atoms in total. The Morgan fingerprint density at radius 1 is 1.35 bits per heavy atom. The lowest BCUT2D eigenvalue weighted by molar-refractivity contribution is -0.163. The molecule has 1 N–H and O–H groups in total. The Hall–Kier alpha value is -1.93. The maximum atomic E-state index is 14.4. The van der Waals surface area contributed by atoms with Gasteiger partial charge in [-0.05, 0) is 46.0 Å². The molecule has 190 valence electrons. The van der Waals surface area contributed by atoms with E-state index in [2.05, 4.69) is 6.58 Å². The van der Waals surface area contributed by atoms with E-state index in [1.165, 1.54) is 4.90 Å². The van der Waals surface area contributed by atoms with Crippen LogP contribution in [-0.4, -0.2) is 81.8 Å². The van der Waals surface area contributed by atoms with Crippen molar-refractivity contribution in [3.8, 4) is 0 Å². The van der Waals surface area contributed by atoms with Crippen LogP contribution in [0.15, 0.2) is 12.7 Å². The van der Waals surface area contributed by atoms with Crippen LogP contribution >= 0.6 is 0 Å². The molecule has 3 unspecified atom stereocenters. The molecule has 4 aliphatic rings. The van der Waals surface area contributed by atoms with Gasteiger partial charge in [-0.1, -0.05) is 32.3 Å². The second-order valence-corrected chi connectivity index (χ2v) is 10.8. The van der Waals surface area contributed by atoms with Crippen LogP contribution in [0.1, 0.15) is 66.2 Å². The third-order valence-corrected chi connectivity index (χ3v) is 8.89. The van der Waals surface area contributed by atoms with Gasteiger partial charge >= 0.3 is 5.97 Å². The van der Waals surface area contributed by atoms with Crippen LogP contribution in [-0.2, 0) is 23.9 Å². The van der Waals surface area contributed by atoms with Gasteiger partial charge in [-0.15, -0.1) is 6.58 Å². The largest absolute Gasteiger partial charge is 0.466 e. The molecule has 1 aliphatic carbocycles. The quantitative estimate of drug-likeness (QED) is 0.427. The number of esters is 1. The number of hydrogen-bond donors (Lipinski definition) is 1. The fourth-order valence-corrected chi connectivity index (χ4v) is 7.22. The first-order valence-corrected chi connectivity index (χ1v) is 12.9. The first kappa shape index (κ1) is 25.2. The van der Waals surface area contributed by atoms with E-state index in [4.69, 9.17) is 9.47 Å². The third kappa shape index (κ3) is 3.51. The molecule has 1 saturated carbocycles. The summed E-state index contributed by atoms with van der Waals surface area (Å²) in [4.78, 5) is 44.8.